The molecule has 0 unspecified atom stereocenters. The summed E-state index contributed by atoms with van der Waals surface area (Å²) in [5.74, 6) is 1.00. The smallest absolute Gasteiger partial charge is 0.227 e. The monoisotopic (exact) mass is 277 g/mol. The molecule has 0 aromatic heterocycles. The van der Waals surface area contributed by atoms with Crippen molar-refractivity contribution in [1.82, 2.24) is 4.90 Å². The van der Waals surface area contributed by atoms with Gasteiger partial charge in [-0.1, -0.05) is 6.07 Å². The highest BCUT2D eigenvalue weighted by Crippen LogP contribution is 2.23. The fourth-order valence-corrected chi connectivity index (χ4v) is 2.65. The van der Waals surface area contributed by atoms with Gasteiger partial charge in [0, 0.05) is 13.1 Å². The van der Waals surface area contributed by atoms with E-state index >= 15 is 0 Å². The molecule has 110 valence electrons. The number of amides is 1. The molecule has 1 amide bonds. The maximum atomic E-state index is 12.3. The summed E-state index contributed by atoms with van der Waals surface area (Å²) in [5, 5.41) is 9.48. The SMILES string of the molecule is COc1cc(C)c(CC(=O)N2CCC(O)CC2)cc1C. The lowest BCUT2D eigenvalue weighted by atomic mass is 10.0. The van der Waals surface area contributed by atoms with Gasteiger partial charge in [0.15, 0.2) is 0 Å². The summed E-state index contributed by atoms with van der Waals surface area (Å²) >= 11 is 0. The third kappa shape index (κ3) is 3.31. The standard InChI is InChI=1S/C16H23NO3/c1-11-9-15(20-3)12(2)8-13(11)10-16(19)17-6-4-14(18)5-7-17/h8-9,14,18H,4-7,10H2,1-3H3. The van der Waals surface area contributed by atoms with E-state index in [0.717, 1.165) is 22.4 Å². The van der Waals surface area contributed by atoms with Gasteiger partial charge in [0.1, 0.15) is 5.75 Å². The summed E-state index contributed by atoms with van der Waals surface area (Å²) in [7, 11) is 1.66. The van der Waals surface area contributed by atoms with Gasteiger partial charge in [-0.2, -0.15) is 0 Å². The van der Waals surface area contributed by atoms with Crippen molar-refractivity contribution in [3.05, 3.63) is 28.8 Å². The van der Waals surface area contributed by atoms with E-state index in [1.807, 2.05) is 30.9 Å². The number of carbonyl (C=O) groups excluding carboxylic acids is 1. The van der Waals surface area contributed by atoms with Crippen molar-refractivity contribution in [2.45, 2.75) is 39.2 Å². The Labute approximate surface area is 120 Å². The van der Waals surface area contributed by atoms with Gasteiger partial charge in [0.05, 0.1) is 19.6 Å². The molecule has 1 aliphatic rings. The molecule has 0 atom stereocenters. The molecule has 0 spiro atoms. The Morgan fingerprint density at radius 3 is 2.55 bits per heavy atom. The molecule has 1 saturated heterocycles. The zero-order valence-electron chi connectivity index (χ0n) is 12.5. The molecule has 1 aromatic rings. The van der Waals surface area contributed by atoms with Crippen LogP contribution in [0.5, 0.6) is 5.75 Å². The average Bonchev–Trinajstić information content (AvgIpc) is 2.43. The number of rotatable bonds is 3. The van der Waals surface area contributed by atoms with Crippen LogP contribution in [0.4, 0.5) is 0 Å². The highest BCUT2D eigenvalue weighted by atomic mass is 16.5. The minimum Gasteiger partial charge on any atom is -0.496 e. The third-order valence-corrected chi connectivity index (χ3v) is 4.01. The number of piperidine rings is 1. The van der Waals surface area contributed by atoms with Crippen LogP contribution >= 0.6 is 0 Å². The van der Waals surface area contributed by atoms with Crippen LogP contribution in [-0.2, 0) is 11.2 Å². The molecule has 1 aliphatic heterocycles. The first-order valence-electron chi connectivity index (χ1n) is 7.11. The number of aliphatic hydroxyl groups is 1. The van der Waals surface area contributed by atoms with E-state index in [9.17, 15) is 9.90 Å². The molecule has 1 aromatic carbocycles. The molecule has 0 bridgehead atoms. The van der Waals surface area contributed by atoms with Crippen LogP contribution in [0.25, 0.3) is 0 Å². The number of methoxy groups -OCH3 is 1. The van der Waals surface area contributed by atoms with Crippen molar-refractivity contribution in [2.75, 3.05) is 20.2 Å². The topological polar surface area (TPSA) is 49.8 Å². The highest BCUT2D eigenvalue weighted by Gasteiger charge is 2.21. The molecular formula is C16H23NO3. The summed E-state index contributed by atoms with van der Waals surface area (Å²) < 4.78 is 5.29. The third-order valence-electron chi connectivity index (χ3n) is 4.01. The fraction of sp³-hybridized carbons (Fsp3) is 0.562. The van der Waals surface area contributed by atoms with Crippen molar-refractivity contribution < 1.29 is 14.6 Å². The fourth-order valence-electron chi connectivity index (χ4n) is 2.65. The van der Waals surface area contributed by atoms with Crippen molar-refractivity contribution in [3.63, 3.8) is 0 Å². The number of ether oxygens (including phenoxy) is 1. The van der Waals surface area contributed by atoms with Gasteiger partial charge < -0.3 is 14.7 Å². The molecule has 4 heteroatoms. The van der Waals surface area contributed by atoms with E-state index in [0.29, 0.717) is 32.4 Å². The van der Waals surface area contributed by atoms with E-state index < -0.39 is 0 Å². The van der Waals surface area contributed by atoms with Gasteiger partial charge in [-0.05, 0) is 49.4 Å². The van der Waals surface area contributed by atoms with Crippen LogP contribution in [0.1, 0.15) is 29.5 Å². The van der Waals surface area contributed by atoms with Gasteiger partial charge in [-0.15, -0.1) is 0 Å². The van der Waals surface area contributed by atoms with Crippen LogP contribution in [-0.4, -0.2) is 42.2 Å². The normalized spacial score (nSPS) is 16.3. The van der Waals surface area contributed by atoms with Crippen molar-refractivity contribution >= 4 is 5.91 Å². The molecule has 0 saturated carbocycles. The number of hydrogen-bond donors (Lipinski definition) is 1. The first-order chi connectivity index (χ1) is 9.51. The van der Waals surface area contributed by atoms with Gasteiger partial charge >= 0.3 is 0 Å². The molecule has 2 rings (SSSR count). The van der Waals surface area contributed by atoms with Crippen LogP contribution in [0.2, 0.25) is 0 Å². The van der Waals surface area contributed by atoms with Crippen LogP contribution in [0.15, 0.2) is 12.1 Å². The Hall–Kier alpha value is -1.55. The summed E-state index contributed by atoms with van der Waals surface area (Å²) in [6.45, 7) is 5.32. The van der Waals surface area contributed by atoms with Crippen LogP contribution in [0, 0.1) is 13.8 Å². The average molecular weight is 277 g/mol. The first kappa shape index (κ1) is 14.9. The van der Waals surface area contributed by atoms with E-state index in [-0.39, 0.29) is 12.0 Å². The van der Waals surface area contributed by atoms with E-state index in [4.69, 9.17) is 4.74 Å². The summed E-state index contributed by atoms with van der Waals surface area (Å²) in [6, 6.07) is 4.02. The van der Waals surface area contributed by atoms with Crippen molar-refractivity contribution in [2.24, 2.45) is 0 Å². The second kappa shape index (κ2) is 6.27. The van der Waals surface area contributed by atoms with Gasteiger partial charge in [-0.3, -0.25) is 4.79 Å². The lowest BCUT2D eigenvalue weighted by Gasteiger charge is -2.30. The highest BCUT2D eigenvalue weighted by molar-refractivity contribution is 5.79. The Kier molecular flexibility index (Phi) is 4.65. The zero-order chi connectivity index (χ0) is 14.7. The Morgan fingerprint density at radius 2 is 1.95 bits per heavy atom. The molecule has 0 aliphatic carbocycles. The summed E-state index contributed by atoms with van der Waals surface area (Å²) in [4.78, 5) is 14.2. The minimum atomic E-state index is -0.246. The van der Waals surface area contributed by atoms with Gasteiger partial charge in [0.25, 0.3) is 0 Å². The lowest BCUT2D eigenvalue weighted by Crippen LogP contribution is -2.40. The van der Waals surface area contributed by atoms with E-state index in [1.54, 1.807) is 7.11 Å². The predicted molar refractivity (Wildman–Crippen MR) is 78.0 cm³/mol. The second-order valence-corrected chi connectivity index (χ2v) is 5.54. The Bertz CT molecular complexity index is 491. The quantitative estimate of drug-likeness (QED) is 0.917. The number of carbonyl (C=O) groups is 1. The minimum absolute atomic E-state index is 0.143. The molecular weight excluding hydrogens is 254 g/mol. The number of likely N-dealkylation sites (tertiary alicyclic amines) is 1. The predicted octanol–water partition coefficient (Wildman–Crippen LogP) is 1.84. The molecule has 1 fully saturated rings. The van der Waals surface area contributed by atoms with Crippen LogP contribution < -0.4 is 4.74 Å². The zero-order valence-corrected chi connectivity index (χ0v) is 12.5. The van der Waals surface area contributed by atoms with Crippen molar-refractivity contribution in [1.29, 1.82) is 0 Å². The summed E-state index contributed by atoms with van der Waals surface area (Å²) in [5.41, 5.74) is 3.19. The van der Waals surface area contributed by atoms with Gasteiger partial charge in [-0.25, -0.2) is 0 Å². The maximum absolute atomic E-state index is 12.3. The molecule has 1 heterocycles. The molecule has 20 heavy (non-hydrogen) atoms. The van der Waals surface area contributed by atoms with E-state index in [1.165, 1.54) is 0 Å². The Balaban J connectivity index is 2.06. The largest absolute Gasteiger partial charge is 0.496 e. The number of benzene rings is 1. The molecule has 4 nitrogen and oxygen atoms in total. The maximum Gasteiger partial charge on any atom is 0.227 e. The van der Waals surface area contributed by atoms with Crippen molar-refractivity contribution in [3.8, 4) is 5.75 Å². The second-order valence-electron chi connectivity index (χ2n) is 5.54. The van der Waals surface area contributed by atoms with Gasteiger partial charge in [0.2, 0.25) is 5.91 Å². The lowest BCUT2D eigenvalue weighted by molar-refractivity contribution is -0.132. The Morgan fingerprint density at radius 1 is 1.30 bits per heavy atom. The van der Waals surface area contributed by atoms with E-state index in [2.05, 4.69) is 0 Å². The number of aryl methyl sites for hydroxylation is 2. The molecule has 0 radical (unpaired) electrons. The summed E-state index contributed by atoms with van der Waals surface area (Å²) in [6.07, 6.45) is 1.55. The van der Waals surface area contributed by atoms with Crippen LogP contribution in [0.3, 0.4) is 0 Å². The number of nitrogens with zero attached hydrogens (tertiary/aromatic N) is 1. The molecule has 1 N–H and O–H groups in total. The number of hydrogen-bond acceptors (Lipinski definition) is 3. The first-order valence-corrected chi connectivity index (χ1v) is 7.11. The number of aliphatic hydroxyl groups excluding tert-OH is 1.